The molecule has 1 aromatic rings. The van der Waals surface area contributed by atoms with Crippen LogP contribution < -0.4 is 5.32 Å². The van der Waals surface area contributed by atoms with Crippen LogP contribution in [0.4, 0.5) is 0 Å². The number of carbonyl (C=O) groups excluding carboxylic acids is 1. The highest BCUT2D eigenvalue weighted by atomic mass is 32.2. The van der Waals surface area contributed by atoms with Crippen molar-refractivity contribution in [2.45, 2.75) is 68.5 Å². The van der Waals surface area contributed by atoms with Gasteiger partial charge < -0.3 is 5.32 Å². The van der Waals surface area contributed by atoms with Crippen LogP contribution in [0.15, 0.2) is 16.3 Å². The fourth-order valence-corrected chi connectivity index (χ4v) is 6.85. The second-order valence-electron chi connectivity index (χ2n) is 7.40. The molecule has 2 atom stereocenters. The molecule has 1 aliphatic carbocycles. The van der Waals surface area contributed by atoms with E-state index in [-0.39, 0.29) is 18.4 Å². The predicted molar refractivity (Wildman–Crippen MR) is 100 cm³/mol. The molecule has 1 N–H and O–H groups in total. The number of carbonyl (C=O) groups is 1. The van der Waals surface area contributed by atoms with Crippen molar-refractivity contribution >= 4 is 27.3 Å². The topological polar surface area (TPSA) is 66.5 Å². The van der Waals surface area contributed by atoms with Gasteiger partial charge in [-0.05, 0) is 43.7 Å². The lowest BCUT2D eigenvalue weighted by molar-refractivity contribution is -0.121. The molecule has 2 fully saturated rings. The third kappa shape index (κ3) is 4.83. The molecule has 0 spiro atoms. The van der Waals surface area contributed by atoms with Crippen LogP contribution in [0.5, 0.6) is 0 Å². The number of piperidine rings is 1. The number of hydrogen-bond acceptors (Lipinski definition) is 4. The van der Waals surface area contributed by atoms with Gasteiger partial charge in [0.25, 0.3) is 10.0 Å². The molecule has 3 rings (SSSR count). The first kappa shape index (κ1) is 18.9. The van der Waals surface area contributed by atoms with Crippen molar-refractivity contribution in [3.8, 4) is 0 Å². The van der Waals surface area contributed by atoms with E-state index in [9.17, 15) is 13.2 Å². The van der Waals surface area contributed by atoms with Crippen molar-refractivity contribution in [2.24, 2.45) is 5.92 Å². The van der Waals surface area contributed by atoms with Gasteiger partial charge in [-0.2, -0.15) is 4.31 Å². The molecule has 1 aliphatic heterocycles. The van der Waals surface area contributed by atoms with Gasteiger partial charge in [0.2, 0.25) is 5.91 Å². The lowest BCUT2D eigenvalue weighted by atomic mass is 9.87. The van der Waals surface area contributed by atoms with E-state index in [1.165, 1.54) is 24.2 Å². The van der Waals surface area contributed by atoms with Crippen LogP contribution in [-0.4, -0.2) is 37.8 Å². The van der Waals surface area contributed by atoms with Gasteiger partial charge in [0, 0.05) is 24.0 Å². The highest BCUT2D eigenvalue weighted by Crippen LogP contribution is 2.28. The van der Waals surface area contributed by atoms with Gasteiger partial charge in [-0.25, -0.2) is 8.42 Å². The Bertz CT molecular complexity index is 693. The average Bonchev–Trinajstić information content (AvgIpc) is 3.05. The zero-order valence-electron chi connectivity index (χ0n) is 14.9. The minimum Gasteiger partial charge on any atom is -0.353 e. The number of sulfonamides is 1. The number of rotatable bonds is 5. The molecule has 140 valence electrons. The quantitative estimate of drug-likeness (QED) is 0.848. The molecule has 1 aromatic heterocycles. The van der Waals surface area contributed by atoms with Gasteiger partial charge >= 0.3 is 0 Å². The Labute approximate surface area is 154 Å². The fourth-order valence-electron chi connectivity index (χ4n) is 3.83. The van der Waals surface area contributed by atoms with Crippen molar-refractivity contribution < 1.29 is 13.2 Å². The molecule has 0 bridgehead atoms. The van der Waals surface area contributed by atoms with Crippen molar-refractivity contribution in [1.82, 2.24) is 9.62 Å². The van der Waals surface area contributed by atoms with Crippen LogP contribution in [-0.2, 0) is 21.2 Å². The van der Waals surface area contributed by atoms with E-state index in [4.69, 9.17) is 0 Å². The molecular weight excluding hydrogens is 356 g/mol. The van der Waals surface area contributed by atoms with E-state index in [2.05, 4.69) is 12.2 Å². The van der Waals surface area contributed by atoms with Gasteiger partial charge in [0.15, 0.2) is 0 Å². The zero-order valence-corrected chi connectivity index (χ0v) is 16.5. The molecule has 1 saturated carbocycles. The maximum Gasteiger partial charge on any atom is 0.252 e. The summed E-state index contributed by atoms with van der Waals surface area (Å²) < 4.78 is 27.3. The van der Waals surface area contributed by atoms with E-state index >= 15 is 0 Å². The Morgan fingerprint density at radius 2 is 1.96 bits per heavy atom. The number of nitrogens with one attached hydrogen (secondary N) is 1. The summed E-state index contributed by atoms with van der Waals surface area (Å²) in [6, 6.07) is 3.71. The summed E-state index contributed by atoms with van der Waals surface area (Å²) in [5, 5.41) is 3.12. The molecule has 0 radical (unpaired) electrons. The summed E-state index contributed by atoms with van der Waals surface area (Å²) in [7, 11) is -3.39. The van der Waals surface area contributed by atoms with Gasteiger partial charge in [-0.15, -0.1) is 11.3 Å². The predicted octanol–water partition coefficient (Wildman–Crippen LogP) is 3.16. The van der Waals surface area contributed by atoms with E-state index < -0.39 is 10.0 Å². The monoisotopic (exact) mass is 384 g/mol. The van der Waals surface area contributed by atoms with Crippen LogP contribution >= 0.6 is 11.3 Å². The lowest BCUT2D eigenvalue weighted by Crippen LogP contribution is -2.38. The normalized spacial score (nSPS) is 25.6. The Morgan fingerprint density at radius 1 is 1.20 bits per heavy atom. The summed E-state index contributed by atoms with van der Waals surface area (Å²) in [5.41, 5.74) is 0. The van der Waals surface area contributed by atoms with E-state index in [0.717, 1.165) is 37.0 Å². The highest BCUT2D eigenvalue weighted by Gasteiger charge is 2.27. The molecule has 2 aliphatic rings. The first-order valence-electron chi connectivity index (χ1n) is 9.33. The highest BCUT2D eigenvalue weighted by molar-refractivity contribution is 7.91. The van der Waals surface area contributed by atoms with Gasteiger partial charge in [-0.3, -0.25) is 4.79 Å². The summed E-state index contributed by atoms with van der Waals surface area (Å²) in [4.78, 5) is 13.1. The molecule has 5 nitrogen and oxygen atoms in total. The zero-order chi connectivity index (χ0) is 17.9. The van der Waals surface area contributed by atoms with E-state index in [1.54, 1.807) is 16.4 Å². The summed E-state index contributed by atoms with van der Waals surface area (Å²) in [6.45, 7) is 3.45. The third-order valence-electron chi connectivity index (χ3n) is 5.18. The summed E-state index contributed by atoms with van der Waals surface area (Å²) in [6.07, 6.45) is 7.74. The SMILES string of the molecule is CC1CCCC(NC(=O)Cc2ccc(S(=O)(=O)N3CCCCC3)s2)C1. The molecule has 1 amide bonds. The van der Waals surface area contributed by atoms with Crippen molar-refractivity contribution in [1.29, 1.82) is 0 Å². The molecule has 1 saturated heterocycles. The Kier molecular flexibility index (Phi) is 6.17. The Morgan fingerprint density at radius 3 is 2.68 bits per heavy atom. The molecule has 0 aromatic carbocycles. The van der Waals surface area contributed by atoms with Crippen molar-refractivity contribution in [3.05, 3.63) is 17.0 Å². The summed E-state index contributed by atoms with van der Waals surface area (Å²) in [5.74, 6) is 0.671. The Hall–Kier alpha value is -0.920. The van der Waals surface area contributed by atoms with Crippen LogP contribution in [0.3, 0.4) is 0 Å². The number of nitrogens with zero attached hydrogens (tertiary/aromatic N) is 1. The molecule has 2 heterocycles. The van der Waals surface area contributed by atoms with Crippen molar-refractivity contribution in [2.75, 3.05) is 13.1 Å². The third-order valence-corrected chi connectivity index (χ3v) is 8.63. The maximum atomic E-state index is 12.7. The van der Waals surface area contributed by atoms with Crippen molar-refractivity contribution in [3.63, 3.8) is 0 Å². The average molecular weight is 385 g/mol. The smallest absolute Gasteiger partial charge is 0.252 e. The standard InChI is InChI=1S/C18H28N2O3S2/c1-14-6-5-7-15(12-14)19-17(21)13-16-8-9-18(24-16)25(22,23)20-10-3-2-4-11-20/h8-9,14-15H,2-7,10-13H2,1H3,(H,19,21). The Balaban J connectivity index is 1.58. The maximum absolute atomic E-state index is 12.7. The lowest BCUT2D eigenvalue weighted by Gasteiger charge is -2.27. The number of hydrogen-bond donors (Lipinski definition) is 1. The first-order valence-corrected chi connectivity index (χ1v) is 11.6. The van der Waals surface area contributed by atoms with Crippen LogP contribution in [0, 0.1) is 5.92 Å². The second kappa shape index (κ2) is 8.18. The number of thiophene rings is 1. The second-order valence-corrected chi connectivity index (χ2v) is 10.7. The van der Waals surface area contributed by atoms with Gasteiger partial charge in [0.1, 0.15) is 4.21 Å². The minimum atomic E-state index is -3.39. The van der Waals surface area contributed by atoms with Gasteiger partial charge in [0.05, 0.1) is 6.42 Å². The van der Waals surface area contributed by atoms with Crippen LogP contribution in [0.25, 0.3) is 0 Å². The molecule has 25 heavy (non-hydrogen) atoms. The molecule has 2 unspecified atom stereocenters. The largest absolute Gasteiger partial charge is 0.353 e. The van der Waals surface area contributed by atoms with Gasteiger partial charge in [-0.1, -0.05) is 26.2 Å². The number of amides is 1. The minimum absolute atomic E-state index is 0.00266. The first-order chi connectivity index (χ1) is 11.9. The molecular formula is C18H28N2O3S2. The van der Waals surface area contributed by atoms with E-state index in [1.807, 2.05) is 0 Å². The van der Waals surface area contributed by atoms with Crippen LogP contribution in [0.1, 0.15) is 56.7 Å². The molecule has 7 heteroatoms. The van der Waals surface area contributed by atoms with Crippen LogP contribution in [0.2, 0.25) is 0 Å². The van der Waals surface area contributed by atoms with E-state index in [0.29, 0.717) is 23.2 Å². The summed E-state index contributed by atoms with van der Waals surface area (Å²) >= 11 is 1.23. The fraction of sp³-hybridized carbons (Fsp3) is 0.722.